The van der Waals surface area contributed by atoms with Crippen LogP contribution in [0.3, 0.4) is 0 Å². The molecule has 0 spiro atoms. The van der Waals surface area contributed by atoms with Crippen LogP contribution in [-0.4, -0.2) is 46.3 Å². The molecule has 0 bridgehead atoms. The topological polar surface area (TPSA) is 49.4 Å². The maximum atomic E-state index is 10.6. The zero-order chi connectivity index (χ0) is 11.6. The van der Waals surface area contributed by atoms with Crippen molar-refractivity contribution in [1.29, 1.82) is 0 Å². The van der Waals surface area contributed by atoms with Crippen molar-refractivity contribution in [3.8, 4) is 0 Å². The van der Waals surface area contributed by atoms with E-state index in [1.165, 1.54) is 6.26 Å². The molecule has 0 aliphatic rings. The summed E-state index contributed by atoms with van der Waals surface area (Å²) in [6, 6.07) is 0. The van der Waals surface area contributed by atoms with Gasteiger partial charge < -0.3 is 4.90 Å². The Kier molecular flexibility index (Phi) is 11.0. The minimum absolute atomic E-state index is 0.495. The van der Waals surface area contributed by atoms with Crippen molar-refractivity contribution >= 4 is 10.0 Å². The second-order valence-corrected chi connectivity index (χ2v) is 4.80. The first-order valence-electron chi connectivity index (χ1n) is 5.09. The molecule has 0 aliphatic heterocycles. The molecule has 5 heteroatoms. The fourth-order valence-corrected chi connectivity index (χ4v) is 1.38. The summed E-state index contributed by atoms with van der Waals surface area (Å²) < 4.78 is 23.7. The first-order valence-corrected chi connectivity index (χ1v) is 6.98. The standard InChI is InChI=1S/C7H18N2O2S.C2H6/c1-4-6-9(2)7-5-8-12(3,10)11;1-2/h8H,4-7H2,1-3H3;1-2H3. The third kappa shape index (κ3) is 14.4. The molecule has 0 radical (unpaired) electrons. The Balaban J connectivity index is 0. The van der Waals surface area contributed by atoms with Gasteiger partial charge in [-0.25, -0.2) is 13.1 Å². The van der Waals surface area contributed by atoms with E-state index in [0.717, 1.165) is 19.5 Å². The summed E-state index contributed by atoms with van der Waals surface area (Å²) in [5.74, 6) is 0. The molecule has 0 unspecified atom stereocenters. The summed E-state index contributed by atoms with van der Waals surface area (Å²) in [4.78, 5) is 2.10. The minimum Gasteiger partial charge on any atom is -0.305 e. The monoisotopic (exact) mass is 224 g/mol. The smallest absolute Gasteiger partial charge is 0.208 e. The molecule has 4 nitrogen and oxygen atoms in total. The Labute approximate surface area is 88.7 Å². The lowest BCUT2D eigenvalue weighted by Gasteiger charge is -2.14. The highest BCUT2D eigenvalue weighted by molar-refractivity contribution is 7.88. The third-order valence-electron chi connectivity index (χ3n) is 1.46. The number of rotatable bonds is 6. The van der Waals surface area contributed by atoms with E-state index in [4.69, 9.17) is 0 Å². The summed E-state index contributed by atoms with van der Waals surface area (Å²) >= 11 is 0. The number of hydrogen-bond acceptors (Lipinski definition) is 3. The molecule has 0 saturated carbocycles. The predicted octanol–water partition coefficient (Wildman–Crippen LogP) is 0.904. The van der Waals surface area contributed by atoms with Crippen LogP contribution in [0.5, 0.6) is 0 Å². The average molecular weight is 224 g/mol. The van der Waals surface area contributed by atoms with Crippen molar-refractivity contribution < 1.29 is 8.42 Å². The largest absolute Gasteiger partial charge is 0.305 e. The molecule has 1 N–H and O–H groups in total. The number of nitrogens with zero attached hydrogens (tertiary/aromatic N) is 1. The molecule has 0 rings (SSSR count). The summed E-state index contributed by atoms with van der Waals surface area (Å²) in [5.41, 5.74) is 0. The van der Waals surface area contributed by atoms with Gasteiger partial charge in [0.25, 0.3) is 0 Å². The average Bonchev–Trinajstić information content (AvgIpc) is 2.06. The maximum Gasteiger partial charge on any atom is 0.208 e. The highest BCUT2D eigenvalue weighted by atomic mass is 32.2. The number of nitrogens with one attached hydrogen (secondary N) is 1. The molecule has 0 atom stereocenters. The van der Waals surface area contributed by atoms with Gasteiger partial charge in [-0.2, -0.15) is 0 Å². The lowest BCUT2D eigenvalue weighted by Crippen LogP contribution is -2.32. The summed E-state index contributed by atoms with van der Waals surface area (Å²) in [6.07, 6.45) is 2.27. The van der Waals surface area contributed by atoms with E-state index in [-0.39, 0.29) is 0 Å². The number of likely N-dealkylation sites (N-methyl/N-ethyl adjacent to an activating group) is 1. The number of hydrogen-bond donors (Lipinski definition) is 1. The molecule has 0 heterocycles. The molecular weight excluding hydrogens is 200 g/mol. The van der Waals surface area contributed by atoms with Gasteiger partial charge in [0.2, 0.25) is 10.0 Å². The number of sulfonamides is 1. The van der Waals surface area contributed by atoms with Gasteiger partial charge in [0, 0.05) is 13.1 Å². The first kappa shape index (κ1) is 16.3. The molecule has 0 amide bonds. The van der Waals surface area contributed by atoms with Gasteiger partial charge in [0.15, 0.2) is 0 Å². The van der Waals surface area contributed by atoms with E-state index in [1.54, 1.807) is 0 Å². The minimum atomic E-state index is -3.01. The fraction of sp³-hybridized carbons (Fsp3) is 1.00. The van der Waals surface area contributed by atoms with Crippen molar-refractivity contribution in [3.63, 3.8) is 0 Å². The van der Waals surface area contributed by atoms with Gasteiger partial charge in [-0.05, 0) is 20.0 Å². The van der Waals surface area contributed by atoms with E-state index >= 15 is 0 Å². The third-order valence-corrected chi connectivity index (χ3v) is 2.19. The molecule has 0 fully saturated rings. The van der Waals surface area contributed by atoms with Crippen LogP contribution in [0.4, 0.5) is 0 Å². The zero-order valence-electron chi connectivity index (χ0n) is 10.0. The van der Waals surface area contributed by atoms with Gasteiger partial charge in [0.1, 0.15) is 0 Å². The van der Waals surface area contributed by atoms with Gasteiger partial charge >= 0.3 is 0 Å². The predicted molar refractivity (Wildman–Crippen MR) is 62.0 cm³/mol. The van der Waals surface area contributed by atoms with Crippen LogP contribution in [0.1, 0.15) is 27.2 Å². The first-order chi connectivity index (χ1) is 6.45. The quantitative estimate of drug-likeness (QED) is 0.729. The molecule has 0 aromatic rings. The van der Waals surface area contributed by atoms with Crippen LogP contribution in [0.25, 0.3) is 0 Å². The Bertz CT molecular complexity index is 203. The summed E-state index contributed by atoms with van der Waals surface area (Å²) in [6.45, 7) is 8.36. The molecular formula is C9H24N2O2S. The van der Waals surface area contributed by atoms with Gasteiger partial charge in [-0.3, -0.25) is 0 Å². The normalized spacial score (nSPS) is 11.0. The van der Waals surface area contributed by atoms with E-state index in [2.05, 4.69) is 16.5 Å². The van der Waals surface area contributed by atoms with Crippen LogP contribution in [-0.2, 0) is 10.0 Å². The van der Waals surface area contributed by atoms with E-state index in [9.17, 15) is 8.42 Å². The van der Waals surface area contributed by atoms with Crippen molar-refractivity contribution in [3.05, 3.63) is 0 Å². The van der Waals surface area contributed by atoms with Crippen molar-refractivity contribution in [2.45, 2.75) is 27.2 Å². The lowest BCUT2D eigenvalue weighted by atomic mass is 10.4. The Morgan fingerprint density at radius 1 is 1.21 bits per heavy atom. The van der Waals surface area contributed by atoms with Crippen LogP contribution in [0, 0.1) is 0 Å². The Morgan fingerprint density at radius 3 is 2.07 bits per heavy atom. The fourth-order valence-electron chi connectivity index (χ4n) is 0.915. The van der Waals surface area contributed by atoms with Crippen LogP contribution < -0.4 is 4.72 Å². The van der Waals surface area contributed by atoms with Gasteiger partial charge in [-0.15, -0.1) is 0 Å². The van der Waals surface area contributed by atoms with Crippen LogP contribution in [0.2, 0.25) is 0 Å². The SMILES string of the molecule is CC.CCCN(C)CCNS(C)(=O)=O. The van der Waals surface area contributed by atoms with Crippen LogP contribution >= 0.6 is 0 Å². The van der Waals surface area contributed by atoms with Gasteiger partial charge in [-0.1, -0.05) is 20.8 Å². The molecule has 0 aliphatic carbocycles. The van der Waals surface area contributed by atoms with E-state index in [1.807, 2.05) is 20.9 Å². The summed E-state index contributed by atoms with van der Waals surface area (Å²) in [5, 5.41) is 0. The highest BCUT2D eigenvalue weighted by Gasteiger charge is 2.00. The summed E-state index contributed by atoms with van der Waals surface area (Å²) in [7, 11) is -1.03. The van der Waals surface area contributed by atoms with Crippen LogP contribution in [0.15, 0.2) is 0 Å². The van der Waals surface area contributed by atoms with E-state index < -0.39 is 10.0 Å². The highest BCUT2D eigenvalue weighted by Crippen LogP contribution is 1.84. The van der Waals surface area contributed by atoms with Crippen molar-refractivity contribution in [2.75, 3.05) is 32.9 Å². The Hall–Kier alpha value is -0.130. The molecule has 14 heavy (non-hydrogen) atoms. The second kappa shape index (κ2) is 9.43. The van der Waals surface area contributed by atoms with Crippen molar-refractivity contribution in [1.82, 2.24) is 9.62 Å². The molecule has 0 aromatic heterocycles. The molecule has 0 saturated heterocycles. The maximum absolute atomic E-state index is 10.6. The van der Waals surface area contributed by atoms with Crippen molar-refractivity contribution in [2.24, 2.45) is 0 Å². The molecule has 0 aromatic carbocycles. The van der Waals surface area contributed by atoms with Gasteiger partial charge in [0.05, 0.1) is 6.26 Å². The lowest BCUT2D eigenvalue weighted by molar-refractivity contribution is 0.340. The zero-order valence-corrected chi connectivity index (χ0v) is 10.8. The Morgan fingerprint density at radius 2 is 1.71 bits per heavy atom. The second-order valence-electron chi connectivity index (χ2n) is 2.97. The molecule has 88 valence electrons. The van der Waals surface area contributed by atoms with E-state index in [0.29, 0.717) is 6.54 Å².